The minimum atomic E-state index is 0.341. The van der Waals surface area contributed by atoms with Crippen LogP contribution in [0.2, 0.25) is 0 Å². The molecule has 1 saturated carbocycles. The predicted octanol–water partition coefficient (Wildman–Crippen LogP) is 3.33. The summed E-state index contributed by atoms with van der Waals surface area (Å²) in [6, 6.07) is 2.13. The van der Waals surface area contributed by atoms with Crippen molar-refractivity contribution in [2.24, 2.45) is 5.92 Å². The lowest BCUT2D eigenvalue weighted by Crippen LogP contribution is -2.30. The molecule has 0 amide bonds. The number of rotatable bonds is 5. The van der Waals surface area contributed by atoms with Crippen LogP contribution in [0.15, 0.2) is 16.8 Å². The first kappa shape index (κ1) is 12.8. The molecule has 3 heteroatoms. The van der Waals surface area contributed by atoms with Crippen LogP contribution in [-0.2, 0) is 11.3 Å². The predicted molar refractivity (Wildman–Crippen MR) is 72.2 cm³/mol. The molecule has 0 aliphatic heterocycles. The minimum absolute atomic E-state index is 0.341. The molecule has 1 aliphatic rings. The van der Waals surface area contributed by atoms with Crippen molar-refractivity contribution in [1.29, 1.82) is 0 Å². The molecule has 0 atom stereocenters. The maximum atomic E-state index is 12.1. The Labute approximate surface area is 108 Å². The zero-order valence-electron chi connectivity index (χ0n) is 10.5. The van der Waals surface area contributed by atoms with Crippen LogP contribution in [0.5, 0.6) is 0 Å². The van der Waals surface area contributed by atoms with Crippen molar-refractivity contribution < 1.29 is 4.79 Å². The van der Waals surface area contributed by atoms with E-state index in [2.05, 4.69) is 21.7 Å². The van der Waals surface area contributed by atoms with E-state index in [1.165, 1.54) is 24.8 Å². The van der Waals surface area contributed by atoms with Gasteiger partial charge in [-0.05, 0) is 42.3 Å². The third kappa shape index (κ3) is 3.93. The van der Waals surface area contributed by atoms with Gasteiger partial charge in [-0.2, -0.15) is 11.3 Å². The van der Waals surface area contributed by atoms with E-state index < -0.39 is 0 Å². The summed E-state index contributed by atoms with van der Waals surface area (Å²) in [4.78, 5) is 14.2. The van der Waals surface area contributed by atoms with Crippen molar-refractivity contribution in [3.63, 3.8) is 0 Å². The van der Waals surface area contributed by atoms with Crippen LogP contribution in [-0.4, -0.2) is 24.3 Å². The molecule has 1 aromatic rings. The van der Waals surface area contributed by atoms with Gasteiger partial charge in [0.2, 0.25) is 0 Å². The molecule has 1 aliphatic carbocycles. The van der Waals surface area contributed by atoms with Gasteiger partial charge in [0, 0.05) is 12.5 Å². The van der Waals surface area contributed by atoms with E-state index in [1.54, 1.807) is 11.3 Å². The van der Waals surface area contributed by atoms with Gasteiger partial charge in [-0.25, -0.2) is 0 Å². The number of thiophene rings is 1. The number of hydrogen-bond donors (Lipinski definition) is 0. The molecule has 0 unspecified atom stereocenters. The lowest BCUT2D eigenvalue weighted by atomic mass is 9.86. The van der Waals surface area contributed by atoms with Gasteiger partial charge in [0.05, 0.1) is 6.54 Å². The zero-order chi connectivity index (χ0) is 12.1. The second kappa shape index (κ2) is 6.31. The number of nitrogens with zero attached hydrogens (tertiary/aromatic N) is 1. The van der Waals surface area contributed by atoms with Gasteiger partial charge in [-0.1, -0.05) is 19.3 Å². The molecule has 0 radical (unpaired) electrons. The molecule has 0 spiro atoms. The fourth-order valence-electron chi connectivity index (χ4n) is 2.57. The second-order valence-corrected chi connectivity index (χ2v) is 5.89. The van der Waals surface area contributed by atoms with E-state index in [0.29, 0.717) is 18.2 Å². The van der Waals surface area contributed by atoms with Crippen molar-refractivity contribution in [3.8, 4) is 0 Å². The van der Waals surface area contributed by atoms with E-state index in [0.717, 1.165) is 19.4 Å². The van der Waals surface area contributed by atoms with E-state index in [1.807, 2.05) is 7.05 Å². The molecule has 1 fully saturated rings. The Morgan fingerprint density at radius 2 is 2.18 bits per heavy atom. The Morgan fingerprint density at radius 1 is 1.41 bits per heavy atom. The summed E-state index contributed by atoms with van der Waals surface area (Å²) < 4.78 is 0. The number of Topliss-reactive ketones (excluding diaryl/α,β-unsaturated/α-hetero) is 1. The molecule has 1 heterocycles. The summed E-state index contributed by atoms with van der Waals surface area (Å²) in [6.07, 6.45) is 6.03. The van der Waals surface area contributed by atoms with Crippen molar-refractivity contribution >= 4 is 17.1 Å². The largest absolute Gasteiger partial charge is 0.298 e. The number of carbonyl (C=O) groups excluding carboxylic acids is 1. The third-order valence-corrected chi connectivity index (χ3v) is 4.25. The normalized spacial score (nSPS) is 17.5. The highest BCUT2D eigenvalue weighted by atomic mass is 32.1. The van der Waals surface area contributed by atoms with Gasteiger partial charge in [-0.15, -0.1) is 0 Å². The molecular weight excluding hydrogens is 230 g/mol. The molecule has 0 aromatic carbocycles. The van der Waals surface area contributed by atoms with Crippen molar-refractivity contribution in [1.82, 2.24) is 4.90 Å². The van der Waals surface area contributed by atoms with Gasteiger partial charge in [-0.3, -0.25) is 9.69 Å². The first-order chi connectivity index (χ1) is 8.25. The highest BCUT2D eigenvalue weighted by Crippen LogP contribution is 2.24. The first-order valence-electron chi connectivity index (χ1n) is 6.48. The van der Waals surface area contributed by atoms with Crippen LogP contribution >= 0.6 is 11.3 Å². The first-order valence-corrected chi connectivity index (χ1v) is 7.42. The molecule has 2 nitrogen and oxygen atoms in total. The summed E-state index contributed by atoms with van der Waals surface area (Å²) in [5.41, 5.74) is 1.31. The molecule has 94 valence electrons. The van der Waals surface area contributed by atoms with Gasteiger partial charge in [0.25, 0.3) is 0 Å². The Morgan fingerprint density at radius 3 is 2.82 bits per heavy atom. The van der Waals surface area contributed by atoms with Crippen molar-refractivity contribution in [3.05, 3.63) is 22.4 Å². The van der Waals surface area contributed by atoms with Crippen LogP contribution in [0.3, 0.4) is 0 Å². The molecule has 0 bridgehead atoms. The van der Waals surface area contributed by atoms with Crippen molar-refractivity contribution in [2.75, 3.05) is 13.6 Å². The Bertz CT molecular complexity index is 341. The van der Waals surface area contributed by atoms with Crippen LogP contribution < -0.4 is 0 Å². The van der Waals surface area contributed by atoms with Crippen molar-refractivity contribution in [2.45, 2.75) is 38.6 Å². The van der Waals surface area contributed by atoms with E-state index in [4.69, 9.17) is 0 Å². The SMILES string of the molecule is CN(CC(=O)C1CCCCC1)Cc1ccsc1. The van der Waals surface area contributed by atoms with Crippen LogP contribution in [0, 0.1) is 5.92 Å². The fraction of sp³-hybridized carbons (Fsp3) is 0.643. The monoisotopic (exact) mass is 251 g/mol. The number of likely N-dealkylation sites (N-methyl/N-ethyl adjacent to an activating group) is 1. The lowest BCUT2D eigenvalue weighted by Gasteiger charge is -2.23. The maximum Gasteiger partial charge on any atom is 0.149 e. The average Bonchev–Trinajstić information content (AvgIpc) is 2.82. The average molecular weight is 251 g/mol. The number of hydrogen-bond acceptors (Lipinski definition) is 3. The van der Waals surface area contributed by atoms with Crippen LogP contribution in [0.4, 0.5) is 0 Å². The third-order valence-electron chi connectivity index (χ3n) is 3.52. The summed E-state index contributed by atoms with van der Waals surface area (Å²) >= 11 is 1.72. The molecule has 0 saturated heterocycles. The fourth-order valence-corrected chi connectivity index (χ4v) is 3.23. The summed E-state index contributed by atoms with van der Waals surface area (Å²) in [5, 5.41) is 4.24. The van der Waals surface area contributed by atoms with Gasteiger partial charge < -0.3 is 0 Å². The highest BCUT2D eigenvalue weighted by Gasteiger charge is 2.21. The van der Waals surface area contributed by atoms with Gasteiger partial charge in [0.1, 0.15) is 5.78 Å². The minimum Gasteiger partial charge on any atom is -0.298 e. The highest BCUT2D eigenvalue weighted by molar-refractivity contribution is 7.07. The Balaban J connectivity index is 1.77. The van der Waals surface area contributed by atoms with Gasteiger partial charge >= 0.3 is 0 Å². The van der Waals surface area contributed by atoms with Crippen LogP contribution in [0.25, 0.3) is 0 Å². The van der Waals surface area contributed by atoms with E-state index >= 15 is 0 Å². The Hall–Kier alpha value is -0.670. The van der Waals surface area contributed by atoms with Crippen LogP contribution in [0.1, 0.15) is 37.7 Å². The Kier molecular flexibility index (Phi) is 4.75. The quantitative estimate of drug-likeness (QED) is 0.800. The second-order valence-electron chi connectivity index (χ2n) is 5.11. The summed E-state index contributed by atoms with van der Waals surface area (Å²) in [6.45, 7) is 1.50. The summed E-state index contributed by atoms with van der Waals surface area (Å²) in [5.74, 6) is 0.788. The summed E-state index contributed by atoms with van der Waals surface area (Å²) in [7, 11) is 2.04. The zero-order valence-corrected chi connectivity index (χ0v) is 11.3. The topological polar surface area (TPSA) is 20.3 Å². The van der Waals surface area contributed by atoms with E-state index in [-0.39, 0.29) is 0 Å². The molecule has 17 heavy (non-hydrogen) atoms. The molecular formula is C14H21NOS. The number of carbonyl (C=O) groups is 1. The molecule has 1 aromatic heterocycles. The molecule has 0 N–H and O–H groups in total. The smallest absolute Gasteiger partial charge is 0.149 e. The lowest BCUT2D eigenvalue weighted by molar-refractivity contribution is -0.124. The maximum absolute atomic E-state index is 12.1. The van der Waals surface area contributed by atoms with E-state index in [9.17, 15) is 4.79 Å². The number of ketones is 1. The van der Waals surface area contributed by atoms with Gasteiger partial charge in [0.15, 0.2) is 0 Å². The standard InChI is InChI=1S/C14H21NOS/c1-15(9-12-7-8-17-11-12)10-14(16)13-5-3-2-4-6-13/h7-8,11,13H,2-6,9-10H2,1H3. The molecule has 2 rings (SSSR count).